The molecular weight excluding hydrogens is 222 g/mol. The number of hydrogen-bond donors (Lipinski definition) is 0. The van der Waals surface area contributed by atoms with Crippen LogP contribution in [0.5, 0.6) is 0 Å². The molecule has 1 aromatic rings. The molecule has 0 aliphatic heterocycles. The molecule has 0 saturated carbocycles. The van der Waals surface area contributed by atoms with Crippen molar-refractivity contribution in [3.05, 3.63) is 11.1 Å². The number of rotatable bonds is 4. The summed E-state index contributed by atoms with van der Waals surface area (Å²) >= 11 is 2.63. The highest BCUT2D eigenvalue weighted by molar-refractivity contribution is 8.00. The maximum atomic E-state index is 11.4. The molecule has 1 aromatic heterocycles. The summed E-state index contributed by atoms with van der Waals surface area (Å²) in [5.74, 6) is -1.44. The van der Waals surface area contributed by atoms with Crippen molar-refractivity contribution in [2.75, 3.05) is 12.9 Å². The molecule has 0 radical (unpaired) electrons. The summed E-state index contributed by atoms with van der Waals surface area (Å²) in [6.07, 6.45) is 3.26. The SMILES string of the molecule is CCOC(=O)C(=O)c1cnc(SC)s1. The van der Waals surface area contributed by atoms with E-state index in [4.69, 9.17) is 0 Å². The fourth-order valence-corrected chi connectivity index (χ4v) is 2.09. The Hall–Kier alpha value is -0.880. The van der Waals surface area contributed by atoms with Gasteiger partial charge in [-0.15, -0.1) is 11.3 Å². The van der Waals surface area contributed by atoms with Crippen LogP contribution in [0.2, 0.25) is 0 Å². The number of ketones is 1. The van der Waals surface area contributed by atoms with Gasteiger partial charge in [0.25, 0.3) is 5.78 Å². The van der Waals surface area contributed by atoms with Crippen LogP contribution < -0.4 is 0 Å². The molecule has 14 heavy (non-hydrogen) atoms. The third-order valence-electron chi connectivity index (χ3n) is 1.34. The summed E-state index contributed by atoms with van der Waals surface area (Å²) in [7, 11) is 0. The number of nitrogens with zero attached hydrogens (tertiary/aromatic N) is 1. The van der Waals surface area contributed by atoms with E-state index < -0.39 is 11.8 Å². The van der Waals surface area contributed by atoms with Crippen LogP contribution in [0, 0.1) is 0 Å². The lowest BCUT2D eigenvalue weighted by Gasteiger charge is -1.96. The molecule has 0 fully saturated rings. The zero-order valence-corrected chi connectivity index (χ0v) is 9.41. The van der Waals surface area contributed by atoms with Crippen molar-refractivity contribution < 1.29 is 14.3 Å². The second kappa shape index (κ2) is 5.11. The van der Waals surface area contributed by atoms with E-state index in [1.165, 1.54) is 29.3 Å². The maximum absolute atomic E-state index is 11.4. The number of carbonyl (C=O) groups excluding carboxylic acids is 2. The molecule has 0 spiro atoms. The van der Waals surface area contributed by atoms with E-state index in [2.05, 4.69) is 9.72 Å². The Kier molecular flexibility index (Phi) is 4.09. The molecule has 76 valence electrons. The Morgan fingerprint density at radius 2 is 2.36 bits per heavy atom. The summed E-state index contributed by atoms with van der Waals surface area (Å²) in [4.78, 5) is 26.7. The summed E-state index contributed by atoms with van der Waals surface area (Å²) < 4.78 is 5.35. The van der Waals surface area contributed by atoms with Gasteiger partial charge in [0.1, 0.15) is 9.22 Å². The van der Waals surface area contributed by atoms with Crippen molar-refractivity contribution in [1.29, 1.82) is 0 Å². The first-order valence-corrected chi connectivity index (χ1v) is 5.94. The average Bonchev–Trinajstić information content (AvgIpc) is 2.65. The Balaban J connectivity index is 2.74. The Bertz CT molecular complexity index is 348. The first-order chi connectivity index (χ1) is 6.69. The first kappa shape index (κ1) is 11.2. The van der Waals surface area contributed by atoms with Crippen molar-refractivity contribution in [3.8, 4) is 0 Å². The highest BCUT2D eigenvalue weighted by atomic mass is 32.2. The van der Waals surface area contributed by atoms with E-state index in [-0.39, 0.29) is 6.61 Å². The highest BCUT2D eigenvalue weighted by Gasteiger charge is 2.19. The van der Waals surface area contributed by atoms with Crippen LogP contribution in [0.25, 0.3) is 0 Å². The number of aromatic nitrogens is 1. The van der Waals surface area contributed by atoms with Crippen molar-refractivity contribution >= 4 is 34.9 Å². The van der Waals surface area contributed by atoms with E-state index in [1.54, 1.807) is 6.92 Å². The van der Waals surface area contributed by atoms with Crippen LogP contribution >= 0.6 is 23.1 Å². The zero-order chi connectivity index (χ0) is 10.6. The van der Waals surface area contributed by atoms with Crippen molar-refractivity contribution in [2.45, 2.75) is 11.3 Å². The molecule has 0 aliphatic rings. The third-order valence-corrected chi connectivity index (χ3v) is 3.34. The standard InChI is InChI=1S/C8H9NO3S2/c1-3-12-7(11)6(10)5-4-9-8(13-2)14-5/h4H,3H2,1-2H3. The number of carbonyl (C=O) groups is 2. The van der Waals surface area contributed by atoms with Crippen LogP contribution in [0.15, 0.2) is 10.5 Å². The number of hydrogen-bond acceptors (Lipinski definition) is 6. The summed E-state index contributed by atoms with van der Waals surface area (Å²) in [6, 6.07) is 0. The summed E-state index contributed by atoms with van der Waals surface area (Å²) in [5, 5.41) is 0. The zero-order valence-electron chi connectivity index (χ0n) is 7.77. The lowest BCUT2D eigenvalue weighted by molar-refractivity contribution is -0.137. The van der Waals surface area contributed by atoms with Crippen molar-refractivity contribution in [3.63, 3.8) is 0 Å². The van der Waals surface area contributed by atoms with Crippen molar-refractivity contribution in [1.82, 2.24) is 4.98 Å². The van der Waals surface area contributed by atoms with Gasteiger partial charge >= 0.3 is 5.97 Å². The number of Topliss-reactive ketones (excluding diaryl/α,β-unsaturated/α-hetero) is 1. The van der Waals surface area contributed by atoms with Crippen LogP contribution in [-0.4, -0.2) is 29.6 Å². The van der Waals surface area contributed by atoms with Gasteiger partial charge in [-0.2, -0.15) is 0 Å². The second-order valence-corrected chi connectivity index (χ2v) is 4.33. The quantitative estimate of drug-likeness (QED) is 0.341. The van der Waals surface area contributed by atoms with Gasteiger partial charge in [0.05, 0.1) is 12.8 Å². The lowest BCUT2D eigenvalue weighted by Crippen LogP contribution is -2.16. The number of esters is 1. The molecule has 6 heteroatoms. The van der Waals surface area contributed by atoms with Gasteiger partial charge in [-0.3, -0.25) is 4.79 Å². The van der Waals surface area contributed by atoms with Crippen LogP contribution in [-0.2, 0) is 9.53 Å². The predicted molar refractivity (Wildman–Crippen MR) is 54.9 cm³/mol. The fourth-order valence-electron chi connectivity index (χ4n) is 0.755. The number of thioether (sulfide) groups is 1. The van der Waals surface area contributed by atoms with Crippen LogP contribution in [0.4, 0.5) is 0 Å². The second-order valence-electron chi connectivity index (χ2n) is 2.24. The van der Waals surface area contributed by atoms with Gasteiger partial charge in [-0.05, 0) is 13.2 Å². The minimum Gasteiger partial charge on any atom is -0.460 e. The Labute approximate surface area is 89.7 Å². The minimum absolute atomic E-state index is 0.207. The highest BCUT2D eigenvalue weighted by Crippen LogP contribution is 2.22. The van der Waals surface area contributed by atoms with E-state index in [9.17, 15) is 9.59 Å². The van der Waals surface area contributed by atoms with E-state index in [0.717, 1.165) is 4.34 Å². The van der Waals surface area contributed by atoms with Crippen LogP contribution in [0.3, 0.4) is 0 Å². The molecule has 0 bridgehead atoms. The van der Waals surface area contributed by atoms with Crippen LogP contribution in [0.1, 0.15) is 16.6 Å². The van der Waals surface area contributed by atoms with Gasteiger partial charge in [0.15, 0.2) is 0 Å². The molecule has 0 aromatic carbocycles. The molecule has 0 N–H and O–H groups in total. The van der Waals surface area contributed by atoms with E-state index in [1.807, 2.05) is 6.26 Å². The van der Waals surface area contributed by atoms with Crippen molar-refractivity contribution in [2.24, 2.45) is 0 Å². The molecule has 0 saturated heterocycles. The number of thiazole rings is 1. The number of ether oxygens (including phenoxy) is 1. The summed E-state index contributed by atoms with van der Waals surface area (Å²) in [6.45, 7) is 1.87. The molecule has 1 rings (SSSR count). The molecule has 1 heterocycles. The van der Waals surface area contributed by atoms with E-state index >= 15 is 0 Å². The first-order valence-electron chi connectivity index (χ1n) is 3.90. The van der Waals surface area contributed by atoms with E-state index in [0.29, 0.717) is 4.88 Å². The summed E-state index contributed by atoms with van der Waals surface area (Å²) in [5.41, 5.74) is 0. The third kappa shape index (κ3) is 2.55. The predicted octanol–water partition coefficient (Wildman–Crippen LogP) is 1.61. The minimum atomic E-state index is -0.816. The molecule has 0 unspecified atom stereocenters. The van der Waals surface area contributed by atoms with Gasteiger partial charge < -0.3 is 4.74 Å². The Morgan fingerprint density at radius 1 is 1.64 bits per heavy atom. The van der Waals surface area contributed by atoms with Gasteiger partial charge in [0.2, 0.25) is 0 Å². The topological polar surface area (TPSA) is 56.3 Å². The maximum Gasteiger partial charge on any atom is 0.380 e. The fraction of sp³-hybridized carbons (Fsp3) is 0.375. The van der Waals surface area contributed by atoms with Gasteiger partial charge in [-0.1, -0.05) is 11.8 Å². The normalized spacial score (nSPS) is 9.86. The molecule has 4 nitrogen and oxygen atoms in total. The largest absolute Gasteiger partial charge is 0.460 e. The van der Waals surface area contributed by atoms with Gasteiger partial charge in [0, 0.05) is 0 Å². The smallest absolute Gasteiger partial charge is 0.380 e. The molecular formula is C8H9NO3S2. The van der Waals surface area contributed by atoms with Gasteiger partial charge in [-0.25, -0.2) is 9.78 Å². The Morgan fingerprint density at radius 3 is 2.86 bits per heavy atom. The molecule has 0 aliphatic carbocycles. The monoisotopic (exact) mass is 231 g/mol. The lowest BCUT2D eigenvalue weighted by atomic mass is 10.3. The average molecular weight is 231 g/mol. The molecule has 0 atom stereocenters. The molecule has 0 amide bonds.